The van der Waals surface area contributed by atoms with Crippen molar-refractivity contribution in [2.24, 2.45) is 0 Å². The molecule has 8 heteroatoms. The number of H-pyrrole nitrogens is 1. The molecular weight excluding hydrogens is 452 g/mol. The van der Waals surface area contributed by atoms with Gasteiger partial charge >= 0.3 is 0 Å². The molecule has 0 unspecified atom stereocenters. The Morgan fingerprint density at radius 3 is 2.82 bits per heavy atom. The van der Waals surface area contributed by atoms with E-state index in [2.05, 4.69) is 4.98 Å². The largest absolute Gasteiger partial charge is 0.490 e. The first-order valence-electron chi connectivity index (χ1n) is 11.5. The molecule has 0 atom stereocenters. The highest BCUT2D eigenvalue weighted by atomic mass is 32.1. The van der Waals surface area contributed by atoms with Crippen LogP contribution in [0.5, 0.6) is 23.0 Å². The van der Waals surface area contributed by atoms with Gasteiger partial charge in [0.15, 0.2) is 23.0 Å². The minimum absolute atomic E-state index is 0.0690. The molecule has 2 aromatic heterocycles. The van der Waals surface area contributed by atoms with Crippen molar-refractivity contribution in [3.8, 4) is 34.4 Å². The molecule has 2 aliphatic rings. The predicted octanol–water partition coefficient (Wildman–Crippen LogP) is 5.24. The zero-order valence-electron chi connectivity index (χ0n) is 18.8. The summed E-state index contributed by atoms with van der Waals surface area (Å²) in [7, 11) is 0. The molecule has 0 radical (unpaired) electrons. The molecule has 1 aliphatic heterocycles. The summed E-state index contributed by atoms with van der Waals surface area (Å²) in [5, 5.41) is 0.761. The van der Waals surface area contributed by atoms with Gasteiger partial charge in [-0.15, -0.1) is 11.3 Å². The summed E-state index contributed by atoms with van der Waals surface area (Å²) in [6, 6.07) is 11.4. The van der Waals surface area contributed by atoms with Crippen LogP contribution in [0.4, 0.5) is 0 Å². The molecule has 7 nitrogen and oxygen atoms in total. The maximum Gasteiger partial charge on any atom is 0.260 e. The van der Waals surface area contributed by atoms with Crippen LogP contribution in [-0.2, 0) is 19.4 Å². The van der Waals surface area contributed by atoms with E-state index in [0.29, 0.717) is 30.5 Å². The number of fused-ring (bicyclic) bond motifs is 4. The molecule has 1 N–H and O–H groups in total. The summed E-state index contributed by atoms with van der Waals surface area (Å²) in [4.78, 5) is 22.9. The molecule has 0 saturated carbocycles. The first kappa shape index (κ1) is 21.0. The second kappa shape index (κ2) is 8.68. The van der Waals surface area contributed by atoms with E-state index in [9.17, 15) is 4.79 Å². The van der Waals surface area contributed by atoms with Crippen LogP contribution in [0, 0.1) is 0 Å². The van der Waals surface area contributed by atoms with Crippen LogP contribution in [0.15, 0.2) is 41.2 Å². The smallest absolute Gasteiger partial charge is 0.260 e. The van der Waals surface area contributed by atoms with Gasteiger partial charge in [0, 0.05) is 10.4 Å². The SMILES string of the molecule is CCOc1cc(-c2nc3sc4c(c3c(=O)[nH]2)CCCC4)ccc1OCc1ccc2c(c1)OCO2. The van der Waals surface area contributed by atoms with Gasteiger partial charge in [-0.1, -0.05) is 6.07 Å². The number of nitrogens with zero attached hydrogens (tertiary/aromatic N) is 1. The van der Waals surface area contributed by atoms with Gasteiger partial charge < -0.3 is 23.9 Å². The van der Waals surface area contributed by atoms with Crippen LogP contribution in [0.1, 0.15) is 35.8 Å². The van der Waals surface area contributed by atoms with Crippen molar-refractivity contribution >= 4 is 21.6 Å². The van der Waals surface area contributed by atoms with Crippen molar-refractivity contribution < 1.29 is 18.9 Å². The van der Waals surface area contributed by atoms with Crippen LogP contribution >= 0.6 is 11.3 Å². The third-order valence-corrected chi connectivity index (χ3v) is 7.36. The van der Waals surface area contributed by atoms with Gasteiger partial charge in [-0.25, -0.2) is 4.98 Å². The molecule has 2 aromatic carbocycles. The van der Waals surface area contributed by atoms with Gasteiger partial charge in [0.05, 0.1) is 12.0 Å². The van der Waals surface area contributed by atoms with Crippen molar-refractivity contribution in [1.82, 2.24) is 9.97 Å². The standard InChI is InChI=1S/C26H24N2O5S/c1-2-30-21-12-16(8-10-18(21)31-13-15-7-9-19-20(11-15)33-14-32-19)24-27-25(29)23-17-5-3-4-6-22(17)34-26(23)28-24/h7-12H,2-6,13-14H2,1H3,(H,27,28,29). The van der Waals surface area contributed by atoms with Crippen molar-refractivity contribution in [2.75, 3.05) is 13.4 Å². The lowest BCUT2D eigenvalue weighted by atomic mass is 9.97. The van der Waals surface area contributed by atoms with Crippen molar-refractivity contribution in [1.29, 1.82) is 0 Å². The first-order valence-corrected chi connectivity index (χ1v) is 12.3. The quantitative estimate of drug-likeness (QED) is 0.410. The number of aromatic nitrogens is 2. The van der Waals surface area contributed by atoms with Gasteiger partial charge in [0.25, 0.3) is 5.56 Å². The van der Waals surface area contributed by atoms with Crippen molar-refractivity contribution in [3.05, 3.63) is 62.8 Å². The second-order valence-corrected chi connectivity index (χ2v) is 9.46. The van der Waals surface area contributed by atoms with E-state index in [1.54, 1.807) is 11.3 Å². The maximum atomic E-state index is 13.0. The molecular formula is C26H24N2O5S. The summed E-state index contributed by atoms with van der Waals surface area (Å²) in [5.74, 6) is 3.24. The Morgan fingerprint density at radius 2 is 1.91 bits per heavy atom. The minimum Gasteiger partial charge on any atom is -0.490 e. The Kier molecular flexibility index (Phi) is 5.37. The third-order valence-electron chi connectivity index (χ3n) is 6.17. The average molecular weight is 477 g/mol. The van der Waals surface area contributed by atoms with Gasteiger partial charge in [-0.3, -0.25) is 4.79 Å². The number of aryl methyl sites for hydroxylation is 2. The maximum absolute atomic E-state index is 13.0. The number of ether oxygens (including phenoxy) is 4. The fourth-order valence-electron chi connectivity index (χ4n) is 4.54. The summed E-state index contributed by atoms with van der Waals surface area (Å²) in [6.07, 6.45) is 4.31. The Balaban J connectivity index is 1.30. The molecule has 1 aliphatic carbocycles. The number of hydrogen-bond acceptors (Lipinski definition) is 7. The highest BCUT2D eigenvalue weighted by molar-refractivity contribution is 7.18. The fraction of sp³-hybridized carbons (Fsp3) is 0.308. The molecule has 0 bridgehead atoms. The van der Waals surface area contributed by atoms with Crippen LogP contribution in [0.3, 0.4) is 0 Å². The molecule has 0 amide bonds. The number of rotatable bonds is 6. The number of thiophene rings is 1. The van der Waals surface area contributed by atoms with E-state index in [0.717, 1.165) is 52.1 Å². The Morgan fingerprint density at radius 1 is 1.03 bits per heavy atom. The minimum atomic E-state index is -0.0690. The normalized spacial score (nSPS) is 14.3. The molecule has 174 valence electrons. The summed E-state index contributed by atoms with van der Waals surface area (Å²) in [6.45, 7) is 3.02. The predicted molar refractivity (Wildman–Crippen MR) is 130 cm³/mol. The number of hydrogen-bond donors (Lipinski definition) is 1. The topological polar surface area (TPSA) is 82.7 Å². The van der Waals surface area contributed by atoms with E-state index < -0.39 is 0 Å². The van der Waals surface area contributed by atoms with Crippen LogP contribution < -0.4 is 24.5 Å². The van der Waals surface area contributed by atoms with E-state index in [1.165, 1.54) is 16.9 Å². The van der Waals surface area contributed by atoms with Crippen LogP contribution in [0.25, 0.3) is 21.6 Å². The lowest BCUT2D eigenvalue weighted by molar-refractivity contribution is 0.174. The summed E-state index contributed by atoms with van der Waals surface area (Å²) >= 11 is 1.65. The molecule has 3 heterocycles. The monoisotopic (exact) mass is 476 g/mol. The lowest BCUT2D eigenvalue weighted by Crippen LogP contribution is -2.11. The zero-order valence-corrected chi connectivity index (χ0v) is 19.6. The molecule has 34 heavy (non-hydrogen) atoms. The Hall–Kier alpha value is -3.52. The second-order valence-electron chi connectivity index (χ2n) is 8.38. The van der Waals surface area contributed by atoms with Crippen LogP contribution in [-0.4, -0.2) is 23.4 Å². The number of benzene rings is 2. The molecule has 6 rings (SSSR count). The molecule has 0 fully saturated rings. The molecule has 4 aromatic rings. The van der Waals surface area contributed by atoms with Gasteiger partial charge in [-0.2, -0.15) is 0 Å². The third kappa shape index (κ3) is 3.77. The Labute approximate surface area is 200 Å². The number of aromatic amines is 1. The van der Waals surface area contributed by atoms with Crippen molar-refractivity contribution in [3.63, 3.8) is 0 Å². The molecule has 0 spiro atoms. The van der Waals surface area contributed by atoms with E-state index in [-0.39, 0.29) is 12.4 Å². The summed E-state index contributed by atoms with van der Waals surface area (Å²) in [5.41, 5.74) is 2.87. The zero-order chi connectivity index (χ0) is 23.1. The first-order chi connectivity index (χ1) is 16.7. The summed E-state index contributed by atoms with van der Waals surface area (Å²) < 4.78 is 22.7. The van der Waals surface area contributed by atoms with Crippen molar-refractivity contribution in [2.45, 2.75) is 39.2 Å². The molecule has 0 saturated heterocycles. The van der Waals surface area contributed by atoms with E-state index in [4.69, 9.17) is 23.9 Å². The lowest BCUT2D eigenvalue weighted by Gasteiger charge is -2.14. The number of nitrogens with one attached hydrogen (secondary N) is 1. The van der Waals surface area contributed by atoms with Gasteiger partial charge in [-0.05, 0) is 74.1 Å². The van der Waals surface area contributed by atoms with E-state index >= 15 is 0 Å². The highest BCUT2D eigenvalue weighted by Crippen LogP contribution is 2.37. The van der Waals surface area contributed by atoms with Gasteiger partial charge in [0.2, 0.25) is 6.79 Å². The highest BCUT2D eigenvalue weighted by Gasteiger charge is 2.21. The van der Waals surface area contributed by atoms with Crippen LogP contribution in [0.2, 0.25) is 0 Å². The van der Waals surface area contributed by atoms with Gasteiger partial charge in [0.1, 0.15) is 17.3 Å². The average Bonchev–Trinajstić information content (AvgIpc) is 3.47. The fourth-order valence-corrected chi connectivity index (χ4v) is 5.80. The Bertz CT molecular complexity index is 1440. The van der Waals surface area contributed by atoms with E-state index in [1.807, 2.05) is 43.3 Å².